The lowest BCUT2D eigenvalue weighted by Gasteiger charge is -2.23. The van der Waals surface area contributed by atoms with Crippen LogP contribution in [0.1, 0.15) is 25.8 Å². The Morgan fingerprint density at radius 3 is 2.07 bits per heavy atom. The molecule has 0 aliphatic heterocycles. The Labute approximate surface area is 162 Å². The number of phenolic OH excluding ortho intramolecular Hbond substituents is 1. The van der Waals surface area contributed by atoms with Crippen LogP contribution in [0, 0.1) is 5.92 Å². The molecule has 0 saturated carbocycles. The van der Waals surface area contributed by atoms with Gasteiger partial charge in [0.2, 0.25) is 17.7 Å². The number of phenols is 1. The second-order valence-electron chi connectivity index (χ2n) is 6.78. The number of nitrogens with two attached hydrogens (primary N) is 2. The van der Waals surface area contributed by atoms with Crippen molar-refractivity contribution in [3.8, 4) is 5.75 Å². The van der Waals surface area contributed by atoms with Gasteiger partial charge in [-0.1, -0.05) is 26.0 Å². The Hall–Kier alpha value is -3.14. The molecular formula is C18H26N4O6. The minimum absolute atomic E-state index is 0.0677. The van der Waals surface area contributed by atoms with E-state index >= 15 is 0 Å². The van der Waals surface area contributed by atoms with E-state index in [1.165, 1.54) is 12.1 Å². The van der Waals surface area contributed by atoms with Crippen LogP contribution in [-0.4, -0.2) is 52.0 Å². The fourth-order valence-corrected chi connectivity index (χ4v) is 2.44. The zero-order valence-electron chi connectivity index (χ0n) is 15.7. The molecule has 0 bridgehead atoms. The van der Waals surface area contributed by atoms with Crippen molar-refractivity contribution in [2.24, 2.45) is 17.4 Å². The molecule has 3 amide bonds. The highest BCUT2D eigenvalue weighted by Crippen LogP contribution is 2.11. The third kappa shape index (κ3) is 7.23. The molecule has 10 nitrogen and oxygen atoms in total. The molecular weight excluding hydrogens is 368 g/mol. The Morgan fingerprint density at radius 2 is 1.61 bits per heavy atom. The molecule has 0 heterocycles. The topological polar surface area (TPSA) is 185 Å². The van der Waals surface area contributed by atoms with Crippen LogP contribution in [-0.2, 0) is 25.6 Å². The maximum atomic E-state index is 12.4. The molecule has 0 aromatic heterocycles. The van der Waals surface area contributed by atoms with E-state index < -0.39 is 54.2 Å². The Bertz CT molecular complexity index is 719. The highest BCUT2D eigenvalue weighted by molar-refractivity contribution is 5.94. The summed E-state index contributed by atoms with van der Waals surface area (Å²) < 4.78 is 0. The van der Waals surface area contributed by atoms with Gasteiger partial charge in [0, 0.05) is 0 Å². The molecule has 10 heteroatoms. The molecule has 1 aromatic carbocycles. The number of carbonyl (C=O) groups excluding carboxylic acids is 3. The number of carboxylic acids is 1. The molecule has 8 N–H and O–H groups in total. The predicted octanol–water partition coefficient (Wildman–Crippen LogP) is -1.15. The van der Waals surface area contributed by atoms with Gasteiger partial charge in [-0.2, -0.15) is 0 Å². The zero-order valence-corrected chi connectivity index (χ0v) is 15.7. The minimum Gasteiger partial charge on any atom is -0.508 e. The van der Waals surface area contributed by atoms with E-state index in [9.17, 15) is 29.4 Å². The van der Waals surface area contributed by atoms with Gasteiger partial charge in [-0.3, -0.25) is 14.4 Å². The van der Waals surface area contributed by atoms with Crippen LogP contribution in [0.25, 0.3) is 0 Å². The second-order valence-corrected chi connectivity index (χ2v) is 6.78. The van der Waals surface area contributed by atoms with Crippen molar-refractivity contribution in [3.63, 3.8) is 0 Å². The van der Waals surface area contributed by atoms with Gasteiger partial charge in [-0.25, -0.2) is 4.79 Å². The summed E-state index contributed by atoms with van der Waals surface area (Å²) >= 11 is 0. The van der Waals surface area contributed by atoms with Gasteiger partial charge in [0.1, 0.15) is 17.8 Å². The van der Waals surface area contributed by atoms with E-state index in [2.05, 4.69) is 10.6 Å². The second kappa shape index (κ2) is 10.3. The Balaban J connectivity index is 2.81. The van der Waals surface area contributed by atoms with Crippen LogP contribution < -0.4 is 22.1 Å². The van der Waals surface area contributed by atoms with Crippen molar-refractivity contribution in [1.82, 2.24) is 10.6 Å². The minimum atomic E-state index is -1.35. The number of carbonyl (C=O) groups is 4. The summed E-state index contributed by atoms with van der Waals surface area (Å²) in [5, 5.41) is 23.1. The lowest BCUT2D eigenvalue weighted by Crippen LogP contribution is -2.56. The average molecular weight is 394 g/mol. The molecule has 0 saturated heterocycles. The van der Waals surface area contributed by atoms with Gasteiger partial charge in [-0.05, 0) is 30.0 Å². The normalized spacial score (nSPS) is 14.0. The van der Waals surface area contributed by atoms with Gasteiger partial charge in [0.15, 0.2) is 0 Å². The summed E-state index contributed by atoms with van der Waals surface area (Å²) in [6.07, 6.45) is -0.380. The number of aromatic hydroxyl groups is 1. The van der Waals surface area contributed by atoms with Crippen molar-refractivity contribution in [2.75, 3.05) is 0 Å². The van der Waals surface area contributed by atoms with Gasteiger partial charge in [0.25, 0.3) is 0 Å². The van der Waals surface area contributed by atoms with E-state index in [4.69, 9.17) is 11.5 Å². The molecule has 1 aromatic rings. The van der Waals surface area contributed by atoms with Gasteiger partial charge >= 0.3 is 5.97 Å². The van der Waals surface area contributed by atoms with Gasteiger partial charge in [0.05, 0.1) is 12.5 Å². The highest BCUT2D eigenvalue weighted by atomic mass is 16.4. The number of rotatable bonds is 10. The number of amides is 3. The summed E-state index contributed by atoms with van der Waals surface area (Å²) in [7, 11) is 0. The Kier molecular flexibility index (Phi) is 8.39. The molecule has 1 rings (SSSR count). The van der Waals surface area contributed by atoms with Crippen LogP contribution in [0.3, 0.4) is 0 Å². The third-order valence-corrected chi connectivity index (χ3v) is 4.00. The van der Waals surface area contributed by atoms with E-state index in [0.29, 0.717) is 5.56 Å². The summed E-state index contributed by atoms with van der Waals surface area (Å²) in [5.41, 5.74) is 11.7. The van der Waals surface area contributed by atoms with Crippen LogP contribution in [0.2, 0.25) is 0 Å². The molecule has 154 valence electrons. The SMILES string of the molecule is CC(C)C(NC(=O)C(CC(N)=O)NC(=O)C(N)Cc1ccc(O)cc1)C(=O)O. The van der Waals surface area contributed by atoms with Gasteiger partial charge in [-0.15, -0.1) is 0 Å². The first-order valence-electron chi connectivity index (χ1n) is 8.66. The predicted molar refractivity (Wildman–Crippen MR) is 99.9 cm³/mol. The highest BCUT2D eigenvalue weighted by Gasteiger charge is 2.30. The number of hydrogen-bond acceptors (Lipinski definition) is 6. The summed E-state index contributed by atoms with van der Waals surface area (Å²) in [4.78, 5) is 47.2. The van der Waals surface area contributed by atoms with Crippen molar-refractivity contribution >= 4 is 23.7 Å². The number of carboxylic acid groups (broad SMARTS) is 1. The molecule has 3 unspecified atom stereocenters. The van der Waals surface area contributed by atoms with E-state index in [1.807, 2.05) is 0 Å². The fraction of sp³-hybridized carbons (Fsp3) is 0.444. The fourth-order valence-electron chi connectivity index (χ4n) is 2.44. The van der Waals surface area contributed by atoms with E-state index in [-0.39, 0.29) is 12.2 Å². The molecule has 0 fully saturated rings. The average Bonchev–Trinajstić information content (AvgIpc) is 2.59. The number of primary amides is 1. The monoisotopic (exact) mass is 394 g/mol. The quantitative estimate of drug-likeness (QED) is 0.289. The van der Waals surface area contributed by atoms with Crippen molar-refractivity contribution < 1.29 is 29.4 Å². The number of nitrogens with one attached hydrogen (secondary N) is 2. The molecule has 28 heavy (non-hydrogen) atoms. The number of benzene rings is 1. The van der Waals surface area contributed by atoms with Crippen LogP contribution in [0.5, 0.6) is 5.75 Å². The molecule has 0 radical (unpaired) electrons. The standard InChI is InChI=1S/C18H26N4O6/c1-9(2)15(18(27)28)22-17(26)13(8-14(20)24)21-16(25)12(19)7-10-3-5-11(23)6-4-10/h3-6,9,12-13,15,23H,7-8,19H2,1-2H3,(H2,20,24)(H,21,25)(H,22,26)(H,27,28). The number of hydrogen-bond donors (Lipinski definition) is 6. The van der Waals surface area contributed by atoms with Crippen LogP contribution in [0.4, 0.5) is 0 Å². The Morgan fingerprint density at radius 1 is 1.04 bits per heavy atom. The third-order valence-electron chi connectivity index (χ3n) is 4.00. The van der Waals surface area contributed by atoms with Crippen molar-refractivity contribution in [2.45, 2.75) is 44.8 Å². The molecule has 0 spiro atoms. The summed E-state index contributed by atoms with van der Waals surface area (Å²) in [5.74, 6) is -3.97. The van der Waals surface area contributed by atoms with Crippen LogP contribution >= 0.6 is 0 Å². The van der Waals surface area contributed by atoms with Gasteiger partial charge < -0.3 is 32.3 Å². The lowest BCUT2D eigenvalue weighted by atomic mass is 10.0. The van der Waals surface area contributed by atoms with E-state index in [1.54, 1.807) is 26.0 Å². The maximum Gasteiger partial charge on any atom is 0.326 e. The molecule has 3 atom stereocenters. The maximum absolute atomic E-state index is 12.4. The van der Waals surface area contributed by atoms with Crippen molar-refractivity contribution in [3.05, 3.63) is 29.8 Å². The summed E-state index contributed by atoms with van der Waals surface area (Å²) in [6.45, 7) is 3.21. The van der Waals surface area contributed by atoms with Crippen LogP contribution in [0.15, 0.2) is 24.3 Å². The zero-order chi connectivity index (χ0) is 21.4. The largest absolute Gasteiger partial charge is 0.508 e. The van der Waals surface area contributed by atoms with Crippen molar-refractivity contribution in [1.29, 1.82) is 0 Å². The first-order valence-corrected chi connectivity index (χ1v) is 8.66. The first kappa shape index (κ1) is 22.9. The smallest absolute Gasteiger partial charge is 0.326 e. The summed E-state index contributed by atoms with van der Waals surface area (Å²) in [6, 6.07) is 2.50. The van der Waals surface area contributed by atoms with E-state index in [0.717, 1.165) is 0 Å². The molecule has 0 aliphatic rings. The lowest BCUT2D eigenvalue weighted by molar-refractivity contribution is -0.143. The molecule has 0 aliphatic carbocycles. The number of aliphatic carboxylic acids is 1. The first-order chi connectivity index (χ1) is 13.0.